The number of rotatable bonds is 9. The Labute approximate surface area is 360 Å². The SMILES string of the molecule is O=C1CCC(N2Cc3cc(N4CCN(C[C@@H]5CCCC[C@H]5CN5CCN(c6ccc(C7c8ccc(O)cc8CCC7c7ccccc7)cc6)CC5)CC4)ccc3C2=O)C(=O)N1. The number of benzene rings is 4. The van der Waals surface area contributed by atoms with Crippen LogP contribution < -0.4 is 15.1 Å². The molecule has 61 heavy (non-hydrogen) atoms. The molecule has 0 aromatic heterocycles. The lowest BCUT2D eigenvalue weighted by Gasteiger charge is -2.43. The highest BCUT2D eigenvalue weighted by Crippen LogP contribution is 2.47. The predicted octanol–water partition coefficient (Wildman–Crippen LogP) is 6.77. The van der Waals surface area contributed by atoms with Gasteiger partial charge in [0.1, 0.15) is 11.8 Å². The Balaban J connectivity index is 0.716. The number of piperidine rings is 1. The van der Waals surface area contributed by atoms with E-state index in [9.17, 15) is 19.5 Å². The fourth-order valence-corrected chi connectivity index (χ4v) is 11.7. The Hall–Kier alpha value is -5.19. The molecular weight excluding hydrogens is 761 g/mol. The summed E-state index contributed by atoms with van der Waals surface area (Å²) >= 11 is 0. The van der Waals surface area contributed by atoms with Crippen LogP contribution in [0.3, 0.4) is 0 Å². The van der Waals surface area contributed by atoms with E-state index in [0.29, 0.717) is 30.2 Å². The molecule has 10 nitrogen and oxygen atoms in total. The second kappa shape index (κ2) is 17.3. The summed E-state index contributed by atoms with van der Waals surface area (Å²) in [6.07, 6.45) is 8.07. The summed E-state index contributed by atoms with van der Waals surface area (Å²) in [5, 5.41) is 12.7. The normalized spacial score (nSPS) is 26.3. The lowest BCUT2D eigenvalue weighted by Crippen LogP contribution is -2.52. The Morgan fingerprint density at radius 3 is 1.93 bits per heavy atom. The minimum Gasteiger partial charge on any atom is -0.508 e. The molecule has 2 aliphatic carbocycles. The van der Waals surface area contributed by atoms with Crippen molar-refractivity contribution in [3.63, 3.8) is 0 Å². The molecule has 4 aromatic rings. The maximum Gasteiger partial charge on any atom is 0.255 e. The number of amides is 3. The first kappa shape index (κ1) is 39.9. The fourth-order valence-electron chi connectivity index (χ4n) is 11.7. The number of aryl methyl sites for hydroxylation is 1. The predicted molar refractivity (Wildman–Crippen MR) is 239 cm³/mol. The number of nitrogens with one attached hydrogen (secondary N) is 1. The fraction of sp³-hybridized carbons (Fsp3) is 0.471. The number of carbonyl (C=O) groups is 3. The molecule has 4 aliphatic heterocycles. The van der Waals surface area contributed by atoms with Gasteiger partial charge in [0, 0.05) is 101 Å². The van der Waals surface area contributed by atoms with E-state index in [0.717, 1.165) is 88.3 Å². The van der Waals surface area contributed by atoms with Crippen LogP contribution in [0.25, 0.3) is 0 Å². The van der Waals surface area contributed by atoms with Crippen LogP contribution in [0, 0.1) is 11.8 Å². The molecule has 0 spiro atoms. The summed E-state index contributed by atoms with van der Waals surface area (Å²) < 4.78 is 0. The molecular formula is C51H60N6O4. The Bertz CT molecular complexity index is 2230. The minimum absolute atomic E-state index is 0.113. The summed E-state index contributed by atoms with van der Waals surface area (Å²) in [6.45, 7) is 11.2. The molecule has 1 saturated carbocycles. The molecule has 318 valence electrons. The number of imide groups is 1. The largest absolute Gasteiger partial charge is 0.508 e. The van der Waals surface area contributed by atoms with Gasteiger partial charge in [-0.3, -0.25) is 29.5 Å². The molecule has 3 saturated heterocycles. The highest BCUT2D eigenvalue weighted by atomic mass is 16.3. The molecule has 4 fully saturated rings. The molecule has 5 atom stereocenters. The van der Waals surface area contributed by atoms with Crippen molar-refractivity contribution >= 4 is 29.1 Å². The van der Waals surface area contributed by atoms with Crippen molar-refractivity contribution in [2.75, 3.05) is 75.2 Å². The first-order valence-electron chi connectivity index (χ1n) is 23.0. The second-order valence-electron chi connectivity index (χ2n) is 18.6. The standard InChI is InChI=1S/C51H60N6O4/c58-43-16-19-45-37(31-43)12-17-44(35-6-2-1-3-7-35)49(45)36-10-13-41(14-11-36)55-26-22-53(23-27-55)32-38-8-4-5-9-39(38)33-54-24-28-56(29-25-54)42-15-18-46-40(30-42)34-57(51(46)61)47-20-21-48(59)52-50(47)60/h1-3,6-7,10-11,13-16,18-19,30-31,38-39,44,47,49,58H,4-5,8-9,12,17,20-29,32-34H2,(H,52,59,60)/t38-,39-,44?,47?,49?/m0/s1. The van der Waals surface area contributed by atoms with Crippen molar-refractivity contribution in [2.24, 2.45) is 11.8 Å². The van der Waals surface area contributed by atoms with Gasteiger partial charge < -0.3 is 19.8 Å². The molecule has 3 unspecified atom stereocenters. The number of nitrogens with zero attached hydrogens (tertiary/aromatic N) is 5. The van der Waals surface area contributed by atoms with E-state index in [4.69, 9.17) is 0 Å². The zero-order valence-corrected chi connectivity index (χ0v) is 35.4. The third-order valence-electron chi connectivity index (χ3n) is 15.1. The van der Waals surface area contributed by atoms with E-state index in [1.54, 1.807) is 4.90 Å². The first-order chi connectivity index (χ1) is 29.8. The number of aromatic hydroxyl groups is 1. The van der Waals surface area contributed by atoms with Crippen LogP contribution in [-0.2, 0) is 22.6 Å². The van der Waals surface area contributed by atoms with Crippen molar-refractivity contribution in [1.82, 2.24) is 20.0 Å². The van der Waals surface area contributed by atoms with Crippen LogP contribution in [-0.4, -0.2) is 109 Å². The number of hydrogen-bond acceptors (Lipinski definition) is 8. The monoisotopic (exact) mass is 820 g/mol. The quantitative estimate of drug-likeness (QED) is 0.179. The van der Waals surface area contributed by atoms with Gasteiger partial charge in [0.05, 0.1) is 0 Å². The van der Waals surface area contributed by atoms with Gasteiger partial charge in [0.25, 0.3) is 5.91 Å². The lowest BCUT2D eigenvalue weighted by atomic mass is 9.69. The first-order valence-corrected chi connectivity index (χ1v) is 23.0. The van der Waals surface area contributed by atoms with Gasteiger partial charge >= 0.3 is 0 Å². The zero-order valence-electron chi connectivity index (χ0n) is 35.4. The maximum absolute atomic E-state index is 13.2. The maximum atomic E-state index is 13.2. The summed E-state index contributed by atoms with van der Waals surface area (Å²) in [4.78, 5) is 49.5. The topological polar surface area (TPSA) is 99.7 Å². The molecule has 3 amide bonds. The van der Waals surface area contributed by atoms with Gasteiger partial charge in [-0.2, -0.15) is 0 Å². The van der Waals surface area contributed by atoms with E-state index in [1.807, 2.05) is 18.2 Å². The van der Waals surface area contributed by atoms with E-state index >= 15 is 0 Å². The highest BCUT2D eigenvalue weighted by Gasteiger charge is 2.40. The Kier molecular flexibility index (Phi) is 11.3. The molecule has 0 radical (unpaired) electrons. The molecule has 10 rings (SSSR count). The van der Waals surface area contributed by atoms with E-state index in [-0.39, 0.29) is 30.1 Å². The number of fused-ring (bicyclic) bond motifs is 2. The van der Waals surface area contributed by atoms with Crippen LogP contribution in [0.4, 0.5) is 11.4 Å². The van der Waals surface area contributed by atoms with Crippen LogP contribution >= 0.6 is 0 Å². The molecule has 10 heteroatoms. The van der Waals surface area contributed by atoms with Gasteiger partial charge in [-0.1, -0.05) is 61.4 Å². The molecule has 2 N–H and O–H groups in total. The van der Waals surface area contributed by atoms with Crippen molar-refractivity contribution in [3.8, 4) is 5.75 Å². The van der Waals surface area contributed by atoms with Gasteiger partial charge in [-0.25, -0.2) is 0 Å². The summed E-state index contributed by atoms with van der Waals surface area (Å²) in [5.41, 5.74) is 9.48. The van der Waals surface area contributed by atoms with Gasteiger partial charge in [-0.15, -0.1) is 0 Å². The summed E-state index contributed by atoms with van der Waals surface area (Å²) in [7, 11) is 0. The van der Waals surface area contributed by atoms with Gasteiger partial charge in [-0.05, 0) is 120 Å². The number of hydrogen-bond donors (Lipinski definition) is 2. The highest BCUT2D eigenvalue weighted by molar-refractivity contribution is 6.05. The molecule has 0 bridgehead atoms. The van der Waals surface area contributed by atoms with Crippen molar-refractivity contribution in [1.29, 1.82) is 0 Å². The van der Waals surface area contributed by atoms with Crippen LogP contribution in [0.2, 0.25) is 0 Å². The van der Waals surface area contributed by atoms with Crippen molar-refractivity contribution in [3.05, 3.63) is 124 Å². The number of anilines is 2. The van der Waals surface area contributed by atoms with E-state index in [1.165, 1.54) is 66.7 Å². The van der Waals surface area contributed by atoms with Crippen molar-refractivity contribution in [2.45, 2.75) is 75.8 Å². The molecule has 4 aromatic carbocycles. The van der Waals surface area contributed by atoms with Crippen LogP contribution in [0.1, 0.15) is 95.0 Å². The smallest absolute Gasteiger partial charge is 0.255 e. The summed E-state index contributed by atoms with van der Waals surface area (Å²) in [6, 6.07) is 31.9. The molecule has 6 aliphatic rings. The third kappa shape index (κ3) is 8.29. The Morgan fingerprint density at radius 1 is 0.607 bits per heavy atom. The number of carbonyl (C=O) groups excluding carboxylic acids is 3. The lowest BCUT2D eigenvalue weighted by molar-refractivity contribution is -0.136. The number of phenolic OH excluding ortho intramolecular Hbond substituents is 1. The molecule has 4 heterocycles. The van der Waals surface area contributed by atoms with E-state index < -0.39 is 6.04 Å². The number of piperazine rings is 2. The summed E-state index contributed by atoms with van der Waals surface area (Å²) in [5.74, 6) is 1.79. The Morgan fingerprint density at radius 2 is 1.26 bits per heavy atom. The van der Waals surface area contributed by atoms with Crippen molar-refractivity contribution < 1.29 is 19.5 Å². The second-order valence-corrected chi connectivity index (χ2v) is 18.6. The average molecular weight is 821 g/mol. The van der Waals surface area contributed by atoms with Gasteiger partial charge in [0.2, 0.25) is 11.8 Å². The van der Waals surface area contributed by atoms with Crippen LogP contribution in [0.15, 0.2) is 91.0 Å². The van der Waals surface area contributed by atoms with E-state index in [2.05, 4.69) is 97.7 Å². The third-order valence-corrected chi connectivity index (χ3v) is 15.1. The average Bonchev–Trinajstić information content (AvgIpc) is 3.62. The van der Waals surface area contributed by atoms with Crippen LogP contribution in [0.5, 0.6) is 5.75 Å². The minimum atomic E-state index is -0.583. The number of phenols is 1. The zero-order chi connectivity index (χ0) is 41.5. The van der Waals surface area contributed by atoms with Gasteiger partial charge in [0.15, 0.2) is 0 Å².